The molecule has 1 aliphatic rings. The molecule has 1 atom stereocenters. The van der Waals surface area contributed by atoms with Crippen LogP contribution in [0.25, 0.3) is 27.8 Å². The van der Waals surface area contributed by atoms with E-state index >= 15 is 0 Å². The smallest absolute Gasteiger partial charge is 0.331 e. The maximum atomic E-state index is 13.7. The van der Waals surface area contributed by atoms with Crippen LogP contribution in [0, 0.1) is 6.92 Å². The molecular formula is C29H25N3O5. The number of benzene rings is 3. The Morgan fingerprint density at radius 1 is 0.919 bits per heavy atom. The van der Waals surface area contributed by atoms with Gasteiger partial charge in [-0.05, 0) is 30.7 Å². The van der Waals surface area contributed by atoms with Crippen LogP contribution >= 0.6 is 0 Å². The average Bonchev–Trinajstić information content (AvgIpc) is 3.27. The van der Waals surface area contributed by atoms with E-state index in [1.54, 1.807) is 25.2 Å². The molecule has 0 spiro atoms. The Bertz CT molecular complexity index is 1830. The molecule has 3 heterocycles. The van der Waals surface area contributed by atoms with Gasteiger partial charge in [0.2, 0.25) is 0 Å². The van der Waals surface area contributed by atoms with E-state index in [4.69, 9.17) is 9.47 Å². The summed E-state index contributed by atoms with van der Waals surface area (Å²) in [6, 6.07) is 20.6. The summed E-state index contributed by atoms with van der Waals surface area (Å²) < 4.78 is 16.5. The van der Waals surface area contributed by atoms with E-state index in [0.717, 1.165) is 21.4 Å². The summed E-state index contributed by atoms with van der Waals surface area (Å²) in [4.78, 5) is 26.9. The van der Waals surface area contributed by atoms with Gasteiger partial charge in [-0.3, -0.25) is 13.9 Å². The molecule has 37 heavy (non-hydrogen) atoms. The van der Waals surface area contributed by atoms with Crippen molar-refractivity contribution in [2.45, 2.75) is 13.0 Å². The number of nitrogens with zero attached hydrogens (tertiary/aromatic N) is 3. The van der Waals surface area contributed by atoms with Crippen molar-refractivity contribution in [1.29, 1.82) is 0 Å². The molecule has 2 aromatic heterocycles. The van der Waals surface area contributed by atoms with Gasteiger partial charge in [0.15, 0.2) is 17.6 Å². The van der Waals surface area contributed by atoms with E-state index in [1.807, 2.05) is 60.0 Å². The zero-order chi connectivity index (χ0) is 26.0. The van der Waals surface area contributed by atoms with E-state index in [0.29, 0.717) is 39.4 Å². The van der Waals surface area contributed by atoms with Crippen molar-refractivity contribution in [1.82, 2.24) is 13.7 Å². The first-order chi connectivity index (χ1) is 17.8. The Balaban J connectivity index is 1.85. The summed E-state index contributed by atoms with van der Waals surface area (Å²) in [5.41, 5.74) is 3.93. The number of fused-ring (bicyclic) bond motifs is 5. The Labute approximate surface area is 212 Å². The van der Waals surface area contributed by atoms with Gasteiger partial charge in [0.25, 0.3) is 5.56 Å². The number of hydrogen-bond acceptors (Lipinski definition) is 5. The molecule has 8 heteroatoms. The van der Waals surface area contributed by atoms with Crippen LogP contribution < -0.4 is 20.7 Å². The fourth-order valence-corrected chi connectivity index (χ4v) is 5.22. The molecular weight excluding hydrogens is 470 g/mol. The number of phenols is 1. The summed E-state index contributed by atoms with van der Waals surface area (Å²) in [6.45, 7) is 2.00. The molecule has 0 fully saturated rings. The molecule has 0 saturated carbocycles. The first-order valence-electron chi connectivity index (χ1n) is 11.9. The summed E-state index contributed by atoms with van der Waals surface area (Å²) in [5.74, 6) is 0.810. The van der Waals surface area contributed by atoms with Crippen molar-refractivity contribution < 1.29 is 14.6 Å². The van der Waals surface area contributed by atoms with Gasteiger partial charge in [-0.2, -0.15) is 0 Å². The summed E-state index contributed by atoms with van der Waals surface area (Å²) in [5, 5.41) is 11.5. The summed E-state index contributed by atoms with van der Waals surface area (Å²) in [7, 11) is 4.61. The van der Waals surface area contributed by atoms with Gasteiger partial charge in [-0.1, -0.05) is 54.1 Å². The van der Waals surface area contributed by atoms with Gasteiger partial charge in [-0.15, -0.1) is 0 Å². The molecule has 0 aliphatic carbocycles. The molecule has 5 aromatic rings. The second-order valence-corrected chi connectivity index (χ2v) is 9.23. The molecule has 0 saturated heterocycles. The minimum absolute atomic E-state index is 0.0685. The van der Waals surface area contributed by atoms with Crippen LogP contribution in [0.15, 0.2) is 76.3 Å². The van der Waals surface area contributed by atoms with Crippen LogP contribution in [0.1, 0.15) is 22.9 Å². The van der Waals surface area contributed by atoms with E-state index in [1.165, 1.54) is 18.7 Å². The van der Waals surface area contributed by atoms with Gasteiger partial charge >= 0.3 is 5.69 Å². The van der Waals surface area contributed by atoms with E-state index in [9.17, 15) is 14.7 Å². The Kier molecular flexibility index (Phi) is 5.01. The number of methoxy groups -OCH3 is 1. The lowest BCUT2D eigenvalue weighted by Gasteiger charge is -2.30. The van der Waals surface area contributed by atoms with Gasteiger partial charge in [-0.25, -0.2) is 4.79 Å². The molecule has 0 unspecified atom stereocenters. The molecule has 6 rings (SSSR count). The topological polar surface area (TPSA) is 87.6 Å². The maximum Gasteiger partial charge on any atom is 0.331 e. The lowest BCUT2D eigenvalue weighted by Crippen LogP contribution is -2.37. The zero-order valence-corrected chi connectivity index (χ0v) is 20.9. The number of phenolic OH excluding ortho intramolecular Hbond substituents is 1. The first kappa shape index (κ1) is 22.7. The molecule has 0 amide bonds. The largest absolute Gasteiger partial charge is 0.504 e. The average molecular weight is 496 g/mol. The van der Waals surface area contributed by atoms with Crippen molar-refractivity contribution in [3.63, 3.8) is 0 Å². The second kappa shape index (κ2) is 8.16. The normalized spacial score (nSPS) is 14.2. The summed E-state index contributed by atoms with van der Waals surface area (Å²) in [6.07, 6.45) is -0.829. The molecule has 1 N–H and O–H groups in total. The predicted molar refractivity (Wildman–Crippen MR) is 141 cm³/mol. The summed E-state index contributed by atoms with van der Waals surface area (Å²) >= 11 is 0. The van der Waals surface area contributed by atoms with Crippen molar-refractivity contribution in [3.8, 4) is 34.2 Å². The fraction of sp³-hybridized carbons (Fsp3) is 0.172. The van der Waals surface area contributed by atoms with E-state index in [2.05, 4.69) is 0 Å². The van der Waals surface area contributed by atoms with Crippen LogP contribution in [-0.4, -0.2) is 25.9 Å². The highest BCUT2D eigenvalue weighted by Gasteiger charge is 2.37. The van der Waals surface area contributed by atoms with Crippen LogP contribution in [0.5, 0.6) is 17.2 Å². The molecule has 3 aromatic carbocycles. The lowest BCUT2D eigenvalue weighted by atomic mass is 10.0. The monoisotopic (exact) mass is 495 g/mol. The Morgan fingerprint density at radius 3 is 2.38 bits per heavy atom. The number of ether oxygens (including phenoxy) is 2. The highest BCUT2D eigenvalue weighted by atomic mass is 16.5. The fourth-order valence-electron chi connectivity index (χ4n) is 5.22. The lowest BCUT2D eigenvalue weighted by molar-refractivity contribution is 0.223. The second-order valence-electron chi connectivity index (χ2n) is 9.23. The molecule has 1 aliphatic heterocycles. The molecule has 0 bridgehead atoms. The standard InChI is InChI=1S/C29H25N3O5/c1-16-12-14-17(15-13-16)23-22-24(30(2)29(35)31(3)28(22)34)25-27(18-8-7-11-21(36-4)26(18)33)37-20-10-6-5-9-19(20)32(23)25/h5-15,27,33H,1-4H3/t27-/m1/s1. The highest BCUT2D eigenvalue weighted by molar-refractivity contribution is 5.98. The van der Waals surface area contributed by atoms with Gasteiger partial charge in [0.05, 0.1) is 35.1 Å². The number of aryl methyl sites for hydroxylation is 2. The van der Waals surface area contributed by atoms with Crippen molar-refractivity contribution >= 4 is 10.9 Å². The van der Waals surface area contributed by atoms with Crippen molar-refractivity contribution in [3.05, 3.63) is 104 Å². The Morgan fingerprint density at radius 2 is 1.65 bits per heavy atom. The van der Waals surface area contributed by atoms with Crippen LogP contribution in [-0.2, 0) is 14.1 Å². The third-order valence-electron chi connectivity index (χ3n) is 7.07. The number of hydrogen-bond donors (Lipinski definition) is 1. The Hall–Kier alpha value is -4.72. The van der Waals surface area contributed by atoms with Gasteiger partial charge < -0.3 is 19.1 Å². The third-order valence-corrected chi connectivity index (χ3v) is 7.07. The quantitative estimate of drug-likeness (QED) is 0.405. The molecule has 8 nitrogen and oxygen atoms in total. The third kappa shape index (κ3) is 3.15. The highest BCUT2D eigenvalue weighted by Crippen LogP contribution is 2.49. The number of aromatic hydroxyl groups is 1. The first-order valence-corrected chi connectivity index (χ1v) is 11.9. The predicted octanol–water partition coefficient (Wildman–Crippen LogP) is 4.20. The zero-order valence-electron chi connectivity index (χ0n) is 20.9. The molecule has 186 valence electrons. The minimum atomic E-state index is -0.829. The van der Waals surface area contributed by atoms with E-state index < -0.39 is 17.4 Å². The number of para-hydroxylation sites is 3. The van der Waals surface area contributed by atoms with Crippen molar-refractivity contribution in [2.24, 2.45) is 14.1 Å². The minimum Gasteiger partial charge on any atom is -0.504 e. The van der Waals surface area contributed by atoms with Crippen molar-refractivity contribution in [2.75, 3.05) is 7.11 Å². The van der Waals surface area contributed by atoms with Gasteiger partial charge in [0, 0.05) is 19.7 Å². The number of rotatable bonds is 3. The van der Waals surface area contributed by atoms with Crippen LogP contribution in [0.4, 0.5) is 0 Å². The SMILES string of the molecule is COc1cccc([C@H]2Oc3ccccc3-n3c(-c4ccc(C)cc4)c4c(=O)n(C)c(=O)n(C)c4c32)c1O. The molecule has 0 radical (unpaired) electrons. The van der Waals surface area contributed by atoms with Gasteiger partial charge in [0.1, 0.15) is 5.75 Å². The van der Waals surface area contributed by atoms with Crippen LogP contribution in [0.2, 0.25) is 0 Å². The number of aromatic nitrogens is 3. The van der Waals surface area contributed by atoms with E-state index in [-0.39, 0.29) is 5.75 Å². The maximum absolute atomic E-state index is 13.7. The van der Waals surface area contributed by atoms with Crippen LogP contribution in [0.3, 0.4) is 0 Å².